The lowest BCUT2D eigenvalue weighted by Gasteiger charge is -2.65. The number of nitrogens with zero attached hydrogens (tertiary/aromatic N) is 1. The molecule has 0 aromatic heterocycles. The van der Waals surface area contributed by atoms with E-state index in [-0.39, 0.29) is 12.4 Å². The summed E-state index contributed by atoms with van der Waals surface area (Å²) in [5, 5.41) is 0. The van der Waals surface area contributed by atoms with E-state index in [4.69, 9.17) is 5.73 Å². The summed E-state index contributed by atoms with van der Waals surface area (Å²) in [6.07, 6.45) is 8.47. The molecule has 0 heterocycles. The molecule has 0 spiro atoms. The maximum absolute atomic E-state index is 5.84. The highest BCUT2D eigenvalue weighted by atomic mass is 35.5. The molecule has 0 aromatic rings. The third-order valence-corrected chi connectivity index (χ3v) is 5.85. The highest BCUT2D eigenvalue weighted by Gasteiger charge is 2.59. The third-order valence-electron chi connectivity index (χ3n) is 5.52. The van der Waals surface area contributed by atoms with Crippen LogP contribution >= 0.6 is 25.0 Å². The smallest absolute Gasteiger partial charge is 0.103 e. The minimum absolute atomic E-state index is 0. The summed E-state index contributed by atoms with van der Waals surface area (Å²) in [6.45, 7) is 5.97. The van der Waals surface area contributed by atoms with Crippen molar-refractivity contribution in [2.45, 2.75) is 52.4 Å². The molecule has 0 saturated heterocycles. The minimum atomic E-state index is 0. The molecule has 0 radical (unpaired) electrons. The fourth-order valence-corrected chi connectivity index (χ4v) is 6.28. The highest BCUT2D eigenvalue weighted by molar-refractivity contribution is 7.81. The monoisotopic (exact) mass is 302 g/mol. The summed E-state index contributed by atoms with van der Waals surface area (Å²) in [5.41, 5.74) is 7.46. The van der Waals surface area contributed by atoms with E-state index < -0.39 is 0 Å². The van der Waals surface area contributed by atoms with E-state index in [9.17, 15) is 0 Å². The van der Waals surface area contributed by atoms with E-state index in [0.29, 0.717) is 27.8 Å². The normalized spacial score (nSPS) is 48.2. The largest absolute Gasteiger partial charge is 0.387 e. The second-order valence-corrected chi connectivity index (χ2v) is 8.41. The molecule has 110 valence electrons. The van der Waals surface area contributed by atoms with Crippen LogP contribution in [0.3, 0.4) is 0 Å². The first-order valence-corrected chi connectivity index (χ1v) is 7.89. The lowest BCUT2D eigenvalue weighted by atomic mass is 9.40. The van der Waals surface area contributed by atoms with Gasteiger partial charge in [0.15, 0.2) is 0 Å². The Bertz CT molecular complexity index is 378. The van der Waals surface area contributed by atoms with Gasteiger partial charge in [-0.25, -0.2) is 0 Å². The Labute approximate surface area is 128 Å². The fraction of sp³-hybridized carbons (Fsp3) is 0.933. The van der Waals surface area contributed by atoms with E-state index in [0.717, 1.165) is 12.5 Å². The van der Waals surface area contributed by atoms with Crippen molar-refractivity contribution in [3.05, 3.63) is 0 Å². The summed E-state index contributed by atoms with van der Waals surface area (Å²) in [5.74, 6) is 2.25. The van der Waals surface area contributed by atoms with Gasteiger partial charge in [0.2, 0.25) is 0 Å². The van der Waals surface area contributed by atoms with Crippen LogP contribution in [-0.4, -0.2) is 18.1 Å². The molecule has 19 heavy (non-hydrogen) atoms. The number of thiol groups is 1. The zero-order chi connectivity index (χ0) is 13.0. The molecule has 4 saturated carbocycles. The van der Waals surface area contributed by atoms with Gasteiger partial charge in [-0.15, -0.1) is 12.4 Å². The van der Waals surface area contributed by atoms with Crippen molar-refractivity contribution in [2.24, 2.45) is 32.9 Å². The average molecular weight is 303 g/mol. The SMILES string of the molecule is CC12CC3CC(C)(C1)CC(CN=C(N)CS)(C3)C2.Cl. The van der Waals surface area contributed by atoms with Crippen LogP contribution < -0.4 is 5.73 Å². The van der Waals surface area contributed by atoms with Crippen molar-refractivity contribution in [2.75, 3.05) is 12.3 Å². The maximum Gasteiger partial charge on any atom is 0.103 e. The summed E-state index contributed by atoms with van der Waals surface area (Å²) < 4.78 is 0. The number of halogens is 1. The van der Waals surface area contributed by atoms with Gasteiger partial charge in [0.25, 0.3) is 0 Å². The van der Waals surface area contributed by atoms with Gasteiger partial charge in [-0.2, -0.15) is 12.6 Å². The lowest BCUT2D eigenvalue weighted by molar-refractivity contribution is -0.140. The van der Waals surface area contributed by atoms with Gasteiger partial charge in [0.05, 0.1) is 0 Å². The summed E-state index contributed by atoms with van der Waals surface area (Å²) >= 11 is 4.21. The number of hydrogen-bond acceptors (Lipinski definition) is 2. The van der Waals surface area contributed by atoms with E-state index >= 15 is 0 Å². The molecule has 4 fully saturated rings. The Morgan fingerprint density at radius 2 is 1.74 bits per heavy atom. The first kappa shape index (κ1) is 15.5. The van der Waals surface area contributed by atoms with Gasteiger partial charge >= 0.3 is 0 Å². The topological polar surface area (TPSA) is 38.4 Å². The lowest BCUT2D eigenvalue weighted by Crippen LogP contribution is -2.56. The number of aliphatic imine (C=N–C) groups is 1. The molecule has 4 bridgehead atoms. The summed E-state index contributed by atoms with van der Waals surface area (Å²) in [6, 6.07) is 0. The molecule has 0 amide bonds. The van der Waals surface area contributed by atoms with Crippen molar-refractivity contribution in [1.82, 2.24) is 0 Å². The average Bonchev–Trinajstić information content (AvgIpc) is 2.21. The van der Waals surface area contributed by atoms with Gasteiger partial charge in [-0.3, -0.25) is 4.99 Å². The fourth-order valence-electron chi connectivity index (χ4n) is 6.18. The summed E-state index contributed by atoms with van der Waals surface area (Å²) in [4.78, 5) is 4.61. The van der Waals surface area contributed by atoms with Crippen molar-refractivity contribution >= 4 is 30.9 Å². The quantitative estimate of drug-likeness (QED) is 0.466. The van der Waals surface area contributed by atoms with Gasteiger partial charge in [0, 0.05) is 12.3 Å². The zero-order valence-electron chi connectivity index (χ0n) is 12.1. The Hall–Kier alpha value is 0.110. The number of hydrogen-bond donors (Lipinski definition) is 2. The molecule has 4 heteroatoms. The molecule has 0 aliphatic heterocycles. The first-order chi connectivity index (χ1) is 8.36. The van der Waals surface area contributed by atoms with Gasteiger partial charge in [-0.1, -0.05) is 13.8 Å². The van der Waals surface area contributed by atoms with Crippen molar-refractivity contribution in [3.8, 4) is 0 Å². The molecular weight excluding hydrogens is 276 g/mol. The Balaban J connectivity index is 0.00000133. The van der Waals surface area contributed by atoms with E-state index in [1.54, 1.807) is 0 Å². The van der Waals surface area contributed by atoms with Crippen molar-refractivity contribution < 1.29 is 0 Å². The second-order valence-electron chi connectivity index (χ2n) is 8.10. The van der Waals surface area contributed by atoms with Crippen LogP contribution in [0.25, 0.3) is 0 Å². The predicted octanol–water partition coefficient (Wildman–Crippen LogP) is 3.69. The molecule has 4 aliphatic rings. The third kappa shape index (κ3) is 2.78. The van der Waals surface area contributed by atoms with Crippen LogP contribution in [0.15, 0.2) is 4.99 Å². The first-order valence-electron chi connectivity index (χ1n) is 7.26. The second kappa shape index (κ2) is 4.84. The van der Waals surface area contributed by atoms with Gasteiger partial charge < -0.3 is 5.73 Å². The Morgan fingerprint density at radius 1 is 1.16 bits per heavy atom. The molecule has 2 nitrogen and oxygen atoms in total. The molecular formula is C15H27ClN2S. The molecule has 4 rings (SSSR count). The van der Waals surface area contributed by atoms with Crippen LogP contribution in [0, 0.1) is 22.2 Å². The minimum Gasteiger partial charge on any atom is -0.387 e. The molecule has 4 aliphatic carbocycles. The number of rotatable bonds is 3. The van der Waals surface area contributed by atoms with Crippen LogP contribution in [0.4, 0.5) is 0 Å². The van der Waals surface area contributed by atoms with Gasteiger partial charge in [0.1, 0.15) is 5.84 Å². The Morgan fingerprint density at radius 3 is 2.21 bits per heavy atom. The van der Waals surface area contributed by atoms with Crippen molar-refractivity contribution in [3.63, 3.8) is 0 Å². The van der Waals surface area contributed by atoms with Crippen LogP contribution in [0.1, 0.15) is 52.4 Å². The number of amidine groups is 1. The summed E-state index contributed by atoms with van der Waals surface area (Å²) in [7, 11) is 0. The standard InChI is InChI=1S/C15H26N2S.ClH/c1-13-3-11-4-14(2,7-13)9-15(5-11,8-13)10-17-12(16)6-18;/h11,18H,3-10H2,1-2H3,(H2,16,17);1H. The predicted molar refractivity (Wildman–Crippen MR) is 87.4 cm³/mol. The zero-order valence-corrected chi connectivity index (χ0v) is 13.8. The van der Waals surface area contributed by atoms with Crippen LogP contribution in [0.5, 0.6) is 0 Å². The molecule has 2 N–H and O–H groups in total. The van der Waals surface area contributed by atoms with E-state index in [2.05, 4.69) is 31.5 Å². The van der Waals surface area contributed by atoms with Gasteiger partial charge in [-0.05, 0) is 60.7 Å². The molecule has 2 atom stereocenters. The van der Waals surface area contributed by atoms with Crippen LogP contribution in [0.2, 0.25) is 0 Å². The Kier molecular flexibility index (Phi) is 3.94. The van der Waals surface area contributed by atoms with E-state index in [1.165, 1.54) is 38.5 Å². The van der Waals surface area contributed by atoms with E-state index in [1.807, 2.05) is 0 Å². The highest BCUT2D eigenvalue weighted by Crippen LogP contribution is 2.69. The van der Waals surface area contributed by atoms with Crippen molar-refractivity contribution in [1.29, 1.82) is 0 Å². The van der Waals surface area contributed by atoms with Crippen LogP contribution in [-0.2, 0) is 0 Å². The maximum atomic E-state index is 5.84. The molecule has 0 aromatic carbocycles. The number of nitrogens with two attached hydrogens (primary N) is 1. The molecule has 2 unspecified atom stereocenters.